The van der Waals surface area contributed by atoms with Crippen molar-refractivity contribution in [1.82, 2.24) is 4.90 Å². The summed E-state index contributed by atoms with van der Waals surface area (Å²) in [5, 5.41) is 0.633. The van der Waals surface area contributed by atoms with E-state index in [4.69, 9.17) is 21.1 Å². The van der Waals surface area contributed by atoms with Gasteiger partial charge in [-0.2, -0.15) is 0 Å². The van der Waals surface area contributed by atoms with Crippen LogP contribution in [0.1, 0.15) is 25.3 Å². The molecule has 0 aliphatic carbocycles. The molecule has 0 unspecified atom stereocenters. The maximum absolute atomic E-state index is 6.19. The van der Waals surface area contributed by atoms with Gasteiger partial charge in [0.05, 0.1) is 22.7 Å². The van der Waals surface area contributed by atoms with Crippen molar-refractivity contribution in [3.63, 3.8) is 0 Å². The number of hydrogen-bond acceptors (Lipinski definition) is 3. The number of piperidine rings is 1. The third-order valence-electron chi connectivity index (χ3n) is 3.91. The highest BCUT2D eigenvalue weighted by Crippen LogP contribution is 2.34. The summed E-state index contributed by atoms with van der Waals surface area (Å²) < 4.78 is 12.3. The minimum absolute atomic E-state index is 0.512. The zero-order valence-electron chi connectivity index (χ0n) is 13.4. The van der Waals surface area contributed by atoms with Gasteiger partial charge in [-0.05, 0) is 65.9 Å². The van der Waals surface area contributed by atoms with E-state index in [1.54, 1.807) is 0 Å². The summed E-state index contributed by atoms with van der Waals surface area (Å²) in [6.07, 6.45) is 2.67. The van der Waals surface area contributed by atoms with Crippen LogP contribution in [0.15, 0.2) is 16.6 Å². The quantitative estimate of drug-likeness (QED) is 0.638. The van der Waals surface area contributed by atoms with Crippen molar-refractivity contribution in [2.24, 2.45) is 5.92 Å². The van der Waals surface area contributed by atoms with E-state index >= 15 is 0 Å². The second-order valence-corrected chi connectivity index (χ2v) is 7.33. The summed E-state index contributed by atoms with van der Waals surface area (Å²) in [6.45, 7) is 9.60. The Morgan fingerprint density at radius 3 is 2.86 bits per heavy atom. The molecule has 0 N–H and O–H groups in total. The van der Waals surface area contributed by atoms with Gasteiger partial charge in [-0.15, -0.1) is 0 Å². The first kappa shape index (κ1) is 18.1. The molecule has 22 heavy (non-hydrogen) atoms. The highest BCUT2D eigenvalue weighted by atomic mass is 79.9. The van der Waals surface area contributed by atoms with Crippen molar-refractivity contribution in [2.75, 3.05) is 39.5 Å². The summed E-state index contributed by atoms with van der Waals surface area (Å²) in [7, 11) is 0. The molecule has 0 bridgehead atoms. The molecule has 0 spiro atoms. The first-order chi connectivity index (χ1) is 10.6. The van der Waals surface area contributed by atoms with Crippen LogP contribution in [0.3, 0.4) is 0 Å². The van der Waals surface area contributed by atoms with Crippen LogP contribution in [-0.2, 0) is 4.74 Å². The molecule has 0 aromatic heterocycles. The largest absolute Gasteiger partial charge is 0.488 e. The van der Waals surface area contributed by atoms with E-state index in [-0.39, 0.29) is 0 Å². The lowest BCUT2D eigenvalue weighted by molar-refractivity contribution is 0.0687. The van der Waals surface area contributed by atoms with Crippen LogP contribution < -0.4 is 4.74 Å². The fourth-order valence-corrected chi connectivity index (χ4v) is 3.94. The summed E-state index contributed by atoms with van der Waals surface area (Å²) in [4.78, 5) is 2.49. The molecule has 1 saturated heterocycles. The Morgan fingerprint density at radius 2 is 2.14 bits per heavy atom. The Morgan fingerprint density at radius 1 is 1.32 bits per heavy atom. The lowest BCUT2D eigenvalue weighted by atomic mass is 10.0. The number of hydrogen-bond donors (Lipinski definition) is 0. The monoisotopic (exact) mass is 389 g/mol. The molecule has 1 aromatic carbocycles. The molecular weight excluding hydrogens is 366 g/mol. The zero-order chi connectivity index (χ0) is 15.9. The van der Waals surface area contributed by atoms with Gasteiger partial charge in [0.15, 0.2) is 5.75 Å². The van der Waals surface area contributed by atoms with Gasteiger partial charge in [0.25, 0.3) is 0 Å². The van der Waals surface area contributed by atoms with Crippen molar-refractivity contribution in [2.45, 2.75) is 26.7 Å². The van der Waals surface area contributed by atoms with Crippen molar-refractivity contribution >= 4 is 27.5 Å². The Bertz CT molecular complexity index is 461. The molecule has 0 amide bonds. The van der Waals surface area contributed by atoms with Gasteiger partial charge in [0.2, 0.25) is 0 Å². The van der Waals surface area contributed by atoms with E-state index in [1.165, 1.54) is 25.9 Å². The Hall–Kier alpha value is -0.290. The molecule has 1 aliphatic rings. The lowest BCUT2D eigenvalue weighted by Crippen LogP contribution is -2.36. The molecule has 1 aliphatic heterocycles. The van der Waals surface area contributed by atoms with Gasteiger partial charge in [0, 0.05) is 13.1 Å². The fourth-order valence-electron chi connectivity index (χ4n) is 2.81. The Kier molecular flexibility index (Phi) is 7.48. The van der Waals surface area contributed by atoms with E-state index in [0.717, 1.165) is 29.1 Å². The summed E-state index contributed by atoms with van der Waals surface area (Å²) in [6, 6.07) is 3.90. The number of benzene rings is 1. The molecule has 1 heterocycles. The zero-order valence-corrected chi connectivity index (χ0v) is 15.8. The molecule has 3 nitrogen and oxygen atoms in total. The van der Waals surface area contributed by atoms with Crippen molar-refractivity contribution in [1.29, 1.82) is 0 Å². The van der Waals surface area contributed by atoms with Crippen molar-refractivity contribution in [3.05, 3.63) is 27.2 Å². The van der Waals surface area contributed by atoms with Gasteiger partial charge in [-0.1, -0.05) is 18.5 Å². The van der Waals surface area contributed by atoms with Crippen LogP contribution in [0, 0.1) is 12.8 Å². The third-order valence-corrected chi connectivity index (χ3v) is 4.78. The van der Waals surface area contributed by atoms with E-state index in [9.17, 15) is 0 Å². The summed E-state index contributed by atoms with van der Waals surface area (Å²) in [5.74, 6) is 1.51. The second-order valence-electron chi connectivity index (χ2n) is 6.07. The van der Waals surface area contributed by atoms with Gasteiger partial charge in [0.1, 0.15) is 6.61 Å². The molecule has 1 aromatic rings. The Labute approximate surface area is 147 Å². The number of ether oxygens (including phenoxy) is 2. The summed E-state index contributed by atoms with van der Waals surface area (Å²) in [5.41, 5.74) is 1.11. The normalized spacial score (nSPS) is 19.4. The van der Waals surface area contributed by atoms with E-state index in [2.05, 4.69) is 27.8 Å². The minimum atomic E-state index is 0.512. The average Bonchev–Trinajstić information content (AvgIpc) is 2.44. The molecular formula is C17H25BrClNO2. The SMILES string of the molecule is Cc1cc(Cl)c(OCCOCCN2CCC[C@@H](C)C2)c(Br)c1. The maximum Gasteiger partial charge on any atom is 0.152 e. The molecule has 0 saturated carbocycles. The minimum Gasteiger partial charge on any atom is -0.488 e. The fraction of sp³-hybridized carbons (Fsp3) is 0.647. The lowest BCUT2D eigenvalue weighted by Gasteiger charge is -2.30. The number of aryl methyl sites for hydroxylation is 1. The number of halogens is 2. The standard InChI is InChI=1S/C17H25BrClNO2/c1-13-4-3-5-20(12-13)6-7-21-8-9-22-17-15(18)10-14(2)11-16(17)19/h10-11,13H,3-9,12H2,1-2H3/t13-/m1/s1. The van der Waals surface area contributed by atoms with Crippen LogP contribution in [-0.4, -0.2) is 44.4 Å². The summed E-state index contributed by atoms with van der Waals surface area (Å²) >= 11 is 9.67. The molecule has 0 radical (unpaired) electrons. The van der Waals surface area contributed by atoms with Gasteiger partial charge < -0.3 is 14.4 Å². The van der Waals surface area contributed by atoms with E-state index in [0.29, 0.717) is 24.0 Å². The van der Waals surface area contributed by atoms with Gasteiger partial charge >= 0.3 is 0 Å². The second kappa shape index (κ2) is 9.11. The highest BCUT2D eigenvalue weighted by Gasteiger charge is 2.15. The first-order valence-electron chi connectivity index (χ1n) is 7.95. The predicted molar refractivity (Wildman–Crippen MR) is 95.0 cm³/mol. The number of rotatable bonds is 7. The average molecular weight is 391 g/mol. The highest BCUT2D eigenvalue weighted by molar-refractivity contribution is 9.10. The van der Waals surface area contributed by atoms with Crippen molar-refractivity contribution in [3.8, 4) is 5.75 Å². The molecule has 124 valence electrons. The van der Waals surface area contributed by atoms with Gasteiger partial charge in [-0.25, -0.2) is 0 Å². The maximum atomic E-state index is 6.19. The Balaban J connectivity index is 1.61. The van der Waals surface area contributed by atoms with Crippen LogP contribution in [0.4, 0.5) is 0 Å². The van der Waals surface area contributed by atoms with Gasteiger partial charge in [-0.3, -0.25) is 0 Å². The topological polar surface area (TPSA) is 21.7 Å². The predicted octanol–water partition coefficient (Wildman–Crippen LogP) is 4.54. The van der Waals surface area contributed by atoms with Crippen LogP contribution in [0.2, 0.25) is 5.02 Å². The third kappa shape index (κ3) is 5.73. The molecule has 5 heteroatoms. The molecule has 1 atom stereocenters. The number of nitrogens with zero attached hydrogens (tertiary/aromatic N) is 1. The van der Waals surface area contributed by atoms with Crippen LogP contribution in [0.25, 0.3) is 0 Å². The van der Waals surface area contributed by atoms with E-state index in [1.807, 2.05) is 19.1 Å². The molecule has 2 rings (SSSR count). The molecule has 1 fully saturated rings. The van der Waals surface area contributed by atoms with Crippen LogP contribution in [0.5, 0.6) is 5.75 Å². The number of likely N-dealkylation sites (tertiary alicyclic amines) is 1. The smallest absolute Gasteiger partial charge is 0.152 e. The van der Waals surface area contributed by atoms with E-state index < -0.39 is 0 Å². The van der Waals surface area contributed by atoms with Crippen LogP contribution >= 0.6 is 27.5 Å². The van der Waals surface area contributed by atoms with Crippen molar-refractivity contribution < 1.29 is 9.47 Å². The first-order valence-corrected chi connectivity index (χ1v) is 9.12.